The molecule has 1 amide bonds. The van der Waals surface area contributed by atoms with Crippen molar-refractivity contribution in [3.05, 3.63) is 65.5 Å². The van der Waals surface area contributed by atoms with Gasteiger partial charge in [-0.3, -0.25) is 4.79 Å². The van der Waals surface area contributed by atoms with E-state index in [1.165, 1.54) is 6.07 Å². The Hall–Kier alpha value is -2.20. The van der Waals surface area contributed by atoms with Crippen LogP contribution in [0.15, 0.2) is 48.5 Å². The van der Waals surface area contributed by atoms with Crippen LogP contribution in [0.4, 0.5) is 10.1 Å². The number of carbonyl (C=O) groups is 1. The van der Waals surface area contributed by atoms with Gasteiger partial charge in [-0.15, -0.1) is 0 Å². The predicted octanol–water partition coefficient (Wildman–Crippen LogP) is 3.55. The number of halogens is 1. The molecule has 1 saturated carbocycles. The maximum atomic E-state index is 14.6. The fourth-order valence-electron chi connectivity index (χ4n) is 4.51. The molecule has 2 aromatic rings. The van der Waals surface area contributed by atoms with Crippen LogP contribution in [-0.4, -0.2) is 18.5 Å². The molecule has 4 rings (SSSR count). The standard InChI is InChI=1S/C21H23FN2O/c22-17-10-6-9-16-19(17)24(14-21(16)11-4-5-12-21)20(25)18(23)13-15-7-2-1-3-8-15/h1-3,6-10,18H,4-5,11-14,23H2. The summed E-state index contributed by atoms with van der Waals surface area (Å²) in [6, 6.07) is 14.3. The molecule has 1 spiro atoms. The fourth-order valence-corrected chi connectivity index (χ4v) is 4.51. The van der Waals surface area contributed by atoms with Crippen molar-refractivity contribution in [2.75, 3.05) is 11.4 Å². The fraction of sp³-hybridized carbons (Fsp3) is 0.381. The van der Waals surface area contributed by atoms with Gasteiger partial charge in [0.25, 0.3) is 0 Å². The van der Waals surface area contributed by atoms with Gasteiger partial charge in [0.1, 0.15) is 5.82 Å². The van der Waals surface area contributed by atoms with Crippen molar-refractivity contribution in [3.63, 3.8) is 0 Å². The average Bonchev–Trinajstić information content (AvgIpc) is 3.22. The monoisotopic (exact) mass is 338 g/mol. The van der Waals surface area contributed by atoms with Gasteiger partial charge in [0.05, 0.1) is 11.7 Å². The normalized spacial score (nSPS) is 19.2. The Bertz CT molecular complexity index is 784. The highest BCUT2D eigenvalue weighted by atomic mass is 19.1. The summed E-state index contributed by atoms with van der Waals surface area (Å²) in [5.41, 5.74) is 8.59. The van der Waals surface area contributed by atoms with Crippen LogP contribution in [0.5, 0.6) is 0 Å². The van der Waals surface area contributed by atoms with Gasteiger partial charge in [0.2, 0.25) is 5.91 Å². The molecule has 2 N–H and O–H groups in total. The van der Waals surface area contributed by atoms with Gasteiger partial charge in [-0.1, -0.05) is 55.3 Å². The van der Waals surface area contributed by atoms with E-state index in [0.717, 1.165) is 36.8 Å². The third-order valence-electron chi connectivity index (χ3n) is 5.73. The number of hydrogen-bond acceptors (Lipinski definition) is 2. The molecule has 1 atom stereocenters. The Kier molecular flexibility index (Phi) is 4.08. The Morgan fingerprint density at radius 3 is 2.56 bits per heavy atom. The second-order valence-electron chi connectivity index (χ2n) is 7.34. The summed E-state index contributed by atoms with van der Waals surface area (Å²) in [5.74, 6) is -0.500. The van der Waals surface area contributed by atoms with Crippen LogP contribution in [-0.2, 0) is 16.6 Å². The SMILES string of the molecule is NC(Cc1ccccc1)C(=O)N1CC2(CCCC2)c2cccc(F)c21. The molecule has 0 saturated heterocycles. The van der Waals surface area contributed by atoms with E-state index in [-0.39, 0.29) is 17.1 Å². The number of carbonyl (C=O) groups excluding carboxylic acids is 1. The number of hydrogen-bond donors (Lipinski definition) is 1. The van der Waals surface area contributed by atoms with Gasteiger partial charge >= 0.3 is 0 Å². The Morgan fingerprint density at radius 1 is 1.12 bits per heavy atom. The highest BCUT2D eigenvalue weighted by Gasteiger charge is 2.47. The van der Waals surface area contributed by atoms with Crippen LogP contribution < -0.4 is 10.6 Å². The molecule has 25 heavy (non-hydrogen) atoms. The number of rotatable bonds is 3. The van der Waals surface area contributed by atoms with E-state index in [4.69, 9.17) is 5.73 Å². The molecule has 0 radical (unpaired) electrons. The van der Waals surface area contributed by atoms with Crippen LogP contribution in [0.2, 0.25) is 0 Å². The number of nitrogens with two attached hydrogens (primary N) is 1. The summed E-state index contributed by atoms with van der Waals surface area (Å²) in [7, 11) is 0. The Morgan fingerprint density at radius 2 is 1.84 bits per heavy atom. The molecular weight excluding hydrogens is 315 g/mol. The van der Waals surface area contributed by atoms with Crippen molar-refractivity contribution in [3.8, 4) is 0 Å². The van der Waals surface area contributed by atoms with Crippen molar-refractivity contribution < 1.29 is 9.18 Å². The van der Waals surface area contributed by atoms with Gasteiger partial charge in [-0.2, -0.15) is 0 Å². The van der Waals surface area contributed by atoms with Gasteiger partial charge in [-0.25, -0.2) is 4.39 Å². The quantitative estimate of drug-likeness (QED) is 0.930. The minimum atomic E-state index is -0.661. The molecule has 3 nitrogen and oxygen atoms in total. The third-order valence-corrected chi connectivity index (χ3v) is 5.73. The van der Waals surface area contributed by atoms with E-state index in [9.17, 15) is 9.18 Å². The molecule has 2 aliphatic rings. The lowest BCUT2D eigenvalue weighted by atomic mass is 9.81. The molecule has 1 unspecified atom stereocenters. The zero-order valence-electron chi connectivity index (χ0n) is 14.2. The first-order chi connectivity index (χ1) is 12.1. The van der Waals surface area contributed by atoms with Crippen LogP contribution in [0.25, 0.3) is 0 Å². The predicted molar refractivity (Wildman–Crippen MR) is 97.0 cm³/mol. The van der Waals surface area contributed by atoms with Crippen molar-refractivity contribution in [1.82, 2.24) is 0 Å². The Labute approximate surface area is 147 Å². The number of amides is 1. The van der Waals surface area contributed by atoms with E-state index < -0.39 is 6.04 Å². The lowest BCUT2D eigenvalue weighted by Crippen LogP contribution is -2.46. The van der Waals surface area contributed by atoms with Gasteiger partial charge in [0.15, 0.2) is 0 Å². The molecule has 1 fully saturated rings. The van der Waals surface area contributed by atoms with Crippen molar-refractivity contribution in [2.24, 2.45) is 5.73 Å². The largest absolute Gasteiger partial charge is 0.320 e. The molecule has 1 heterocycles. The van der Waals surface area contributed by atoms with Crippen LogP contribution in [0, 0.1) is 5.82 Å². The maximum absolute atomic E-state index is 14.6. The average molecular weight is 338 g/mol. The maximum Gasteiger partial charge on any atom is 0.244 e. The number of benzene rings is 2. The van der Waals surface area contributed by atoms with Gasteiger partial charge in [0, 0.05) is 12.0 Å². The first-order valence-corrected chi connectivity index (χ1v) is 9.01. The number of fused-ring (bicyclic) bond motifs is 2. The summed E-state index contributed by atoms with van der Waals surface area (Å²) < 4.78 is 14.6. The molecule has 1 aliphatic carbocycles. The van der Waals surface area contributed by atoms with Crippen molar-refractivity contribution in [1.29, 1.82) is 0 Å². The lowest BCUT2D eigenvalue weighted by molar-refractivity contribution is -0.119. The zero-order valence-corrected chi connectivity index (χ0v) is 14.2. The first kappa shape index (κ1) is 16.3. The van der Waals surface area contributed by atoms with Crippen LogP contribution in [0.3, 0.4) is 0 Å². The summed E-state index contributed by atoms with van der Waals surface area (Å²) in [6.45, 7) is 0.560. The minimum absolute atomic E-state index is 0.0838. The zero-order chi connectivity index (χ0) is 17.4. The number of para-hydroxylation sites is 1. The Balaban J connectivity index is 1.63. The molecule has 2 aromatic carbocycles. The van der Waals surface area contributed by atoms with Gasteiger partial charge < -0.3 is 10.6 Å². The lowest BCUT2D eigenvalue weighted by Gasteiger charge is -2.26. The van der Waals surface area contributed by atoms with E-state index in [1.807, 2.05) is 36.4 Å². The summed E-state index contributed by atoms with van der Waals surface area (Å²) in [6.07, 6.45) is 4.76. The molecule has 0 bridgehead atoms. The third kappa shape index (κ3) is 2.74. The molecular formula is C21H23FN2O. The highest BCUT2D eigenvalue weighted by molar-refractivity contribution is 6.00. The summed E-state index contributed by atoms with van der Waals surface area (Å²) >= 11 is 0. The van der Waals surface area contributed by atoms with E-state index in [1.54, 1.807) is 11.0 Å². The van der Waals surface area contributed by atoms with Crippen molar-refractivity contribution in [2.45, 2.75) is 43.6 Å². The van der Waals surface area contributed by atoms with Crippen LogP contribution in [0.1, 0.15) is 36.8 Å². The van der Waals surface area contributed by atoms with Crippen LogP contribution >= 0.6 is 0 Å². The summed E-state index contributed by atoms with van der Waals surface area (Å²) in [4.78, 5) is 14.7. The van der Waals surface area contributed by atoms with E-state index >= 15 is 0 Å². The highest BCUT2D eigenvalue weighted by Crippen LogP contribution is 2.51. The van der Waals surface area contributed by atoms with E-state index in [2.05, 4.69) is 0 Å². The smallest absolute Gasteiger partial charge is 0.244 e. The minimum Gasteiger partial charge on any atom is -0.320 e. The number of anilines is 1. The van der Waals surface area contributed by atoms with Crippen molar-refractivity contribution >= 4 is 11.6 Å². The van der Waals surface area contributed by atoms with E-state index in [0.29, 0.717) is 18.7 Å². The second kappa shape index (κ2) is 6.26. The molecule has 4 heteroatoms. The summed E-state index contributed by atoms with van der Waals surface area (Å²) in [5, 5.41) is 0. The molecule has 0 aromatic heterocycles. The van der Waals surface area contributed by atoms with Gasteiger partial charge in [-0.05, 0) is 36.5 Å². The number of nitrogens with zero attached hydrogens (tertiary/aromatic N) is 1. The molecule has 1 aliphatic heterocycles. The second-order valence-corrected chi connectivity index (χ2v) is 7.34. The molecule has 130 valence electrons. The first-order valence-electron chi connectivity index (χ1n) is 9.01. The topological polar surface area (TPSA) is 46.3 Å².